The molecule has 63 valence electrons. The van der Waals surface area contributed by atoms with E-state index >= 15 is 0 Å². The second-order valence-corrected chi connectivity index (χ2v) is 2.96. The zero-order chi connectivity index (χ0) is 7.23. The molecular weight excluding hydrogens is 211 g/mol. The van der Waals surface area contributed by atoms with Crippen LogP contribution in [0.1, 0.15) is 32.1 Å². The Hall–Kier alpha value is 1.06. The molecule has 0 unspecified atom stereocenters. The largest absolute Gasteiger partial charge is 0.343 e. The maximum atomic E-state index is 3.84. The Bertz CT molecular complexity index is 79.6. The van der Waals surface area contributed by atoms with Gasteiger partial charge in [0.1, 0.15) is 0 Å². The fraction of sp³-hybridized carbons (Fsp3) is 0.778. The normalized spacial score (nSPS) is 19.4. The minimum absolute atomic E-state index is 0. The van der Waals surface area contributed by atoms with Crippen LogP contribution in [0.4, 0.5) is 0 Å². The average molecular weight is 228 g/mol. The first kappa shape index (κ1) is 12.1. The number of unbranched alkanes of at least 4 members (excludes halogenated alkanes) is 1. The summed E-state index contributed by atoms with van der Waals surface area (Å²) in [6.07, 6.45) is 6.32. The Kier molecular flexibility index (Phi) is 8.44. The third-order valence-corrected chi connectivity index (χ3v) is 2.09. The van der Waals surface area contributed by atoms with E-state index in [-0.39, 0.29) is 32.7 Å². The Morgan fingerprint density at radius 2 is 1.91 bits per heavy atom. The van der Waals surface area contributed by atoms with Crippen LogP contribution < -0.4 is 5.32 Å². The molecule has 1 nitrogen and oxygen atoms in total. The quantitative estimate of drug-likeness (QED) is 0.728. The van der Waals surface area contributed by atoms with Crippen LogP contribution >= 0.6 is 0 Å². The molecule has 0 bridgehead atoms. The van der Waals surface area contributed by atoms with Gasteiger partial charge in [-0.1, -0.05) is 0 Å². The Labute approximate surface area is 95.6 Å². The van der Waals surface area contributed by atoms with Crippen molar-refractivity contribution >= 4 is 0 Å². The van der Waals surface area contributed by atoms with E-state index in [9.17, 15) is 0 Å². The van der Waals surface area contributed by atoms with E-state index in [2.05, 4.69) is 12.2 Å². The van der Waals surface area contributed by atoms with Crippen LogP contribution in [0.3, 0.4) is 0 Å². The minimum Gasteiger partial charge on any atom is -0.343 e. The smallest absolute Gasteiger partial charge is 0 e. The van der Waals surface area contributed by atoms with Crippen LogP contribution in [0.2, 0.25) is 0 Å². The molecule has 2 heteroatoms. The number of hydrogen-bond donors (Lipinski definition) is 1. The summed E-state index contributed by atoms with van der Waals surface area (Å²) in [4.78, 5) is 0. The predicted octanol–water partition coefficient (Wildman–Crippen LogP) is 1.95. The van der Waals surface area contributed by atoms with E-state index in [1.165, 1.54) is 38.8 Å². The van der Waals surface area contributed by atoms with Crippen LogP contribution in [-0.2, 0) is 32.7 Å². The second-order valence-electron chi connectivity index (χ2n) is 2.96. The van der Waals surface area contributed by atoms with Crippen molar-refractivity contribution in [2.75, 3.05) is 13.1 Å². The fourth-order valence-electron chi connectivity index (χ4n) is 1.41. The summed E-state index contributed by atoms with van der Waals surface area (Å²) in [5.41, 5.74) is 0. The molecule has 0 amide bonds. The van der Waals surface area contributed by atoms with Crippen molar-refractivity contribution in [1.29, 1.82) is 0 Å². The van der Waals surface area contributed by atoms with Crippen LogP contribution in [0.15, 0.2) is 0 Å². The third kappa shape index (κ3) is 5.33. The van der Waals surface area contributed by atoms with Gasteiger partial charge in [0.2, 0.25) is 0 Å². The molecule has 1 rings (SSSR count). The molecule has 1 saturated heterocycles. The van der Waals surface area contributed by atoms with E-state index in [1.54, 1.807) is 5.92 Å². The topological polar surface area (TPSA) is 12.0 Å². The van der Waals surface area contributed by atoms with Crippen LogP contribution in [-0.4, -0.2) is 13.1 Å². The first-order valence-electron chi connectivity index (χ1n) is 4.27. The zero-order valence-electron chi connectivity index (χ0n) is 7.23. The zero-order valence-corrected chi connectivity index (χ0v) is 10.1. The molecule has 0 aromatic heterocycles. The number of rotatable bonds is 3. The van der Waals surface area contributed by atoms with Crippen molar-refractivity contribution in [3.63, 3.8) is 0 Å². The van der Waals surface area contributed by atoms with Crippen molar-refractivity contribution in [2.45, 2.75) is 32.1 Å². The number of hydrogen-bond acceptors (Lipinski definition) is 1. The predicted molar refractivity (Wildman–Crippen MR) is 44.6 cm³/mol. The van der Waals surface area contributed by atoms with Crippen molar-refractivity contribution < 1.29 is 32.7 Å². The van der Waals surface area contributed by atoms with E-state index in [0.29, 0.717) is 0 Å². The van der Waals surface area contributed by atoms with E-state index < -0.39 is 0 Å². The summed E-state index contributed by atoms with van der Waals surface area (Å²) in [6.45, 7) is 6.24. The summed E-state index contributed by atoms with van der Waals surface area (Å²) in [5.74, 6) is 1.75. The molecule has 0 spiro atoms. The average Bonchev–Trinajstić information content (AvgIpc) is 2.03. The Balaban J connectivity index is 0.000001000. The molecule has 0 aromatic carbocycles. The van der Waals surface area contributed by atoms with Gasteiger partial charge in [-0.3, -0.25) is 0 Å². The van der Waals surface area contributed by atoms with Crippen molar-refractivity contribution in [1.82, 2.24) is 5.32 Å². The summed E-state index contributed by atoms with van der Waals surface area (Å²) >= 11 is 0. The van der Waals surface area contributed by atoms with Gasteiger partial charge >= 0.3 is 0 Å². The Morgan fingerprint density at radius 1 is 1.27 bits per heavy atom. The van der Waals surface area contributed by atoms with E-state index in [1.807, 2.05) is 0 Å². The van der Waals surface area contributed by atoms with Crippen LogP contribution in [0, 0.1) is 12.8 Å². The third-order valence-electron chi connectivity index (χ3n) is 2.09. The molecule has 1 aliphatic heterocycles. The van der Waals surface area contributed by atoms with Gasteiger partial charge in [0, 0.05) is 32.7 Å². The molecule has 1 aliphatic rings. The number of nitrogens with one attached hydrogen (secondary N) is 1. The van der Waals surface area contributed by atoms with Crippen LogP contribution in [0.25, 0.3) is 0 Å². The van der Waals surface area contributed by atoms with Gasteiger partial charge in [0.25, 0.3) is 0 Å². The fourth-order valence-corrected chi connectivity index (χ4v) is 1.41. The molecular formula is C9H17NY-2. The first-order valence-corrected chi connectivity index (χ1v) is 4.27. The molecule has 1 fully saturated rings. The second kappa shape index (κ2) is 7.70. The summed E-state index contributed by atoms with van der Waals surface area (Å²) in [5, 5.41) is 3.35. The minimum atomic E-state index is 0. The van der Waals surface area contributed by atoms with E-state index in [4.69, 9.17) is 0 Å². The van der Waals surface area contributed by atoms with Gasteiger partial charge in [0.15, 0.2) is 0 Å². The summed E-state index contributed by atoms with van der Waals surface area (Å²) in [6, 6.07) is 0. The van der Waals surface area contributed by atoms with Gasteiger partial charge in [-0.15, -0.1) is 6.42 Å². The molecule has 0 saturated carbocycles. The van der Waals surface area contributed by atoms with Gasteiger partial charge in [0.05, 0.1) is 0 Å². The van der Waals surface area contributed by atoms with Gasteiger partial charge in [-0.05, 0) is 13.1 Å². The first-order chi connectivity index (χ1) is 4.93. The monoisotopic (exact) mass is 228 g/mol. The molecule has 1 N–H and O–H groups in total. The molecule has 1 heterocycles. The van der Waals surface area contributed by atoms with E-state index in [0.717, 1.165) is 6.42 Å². The van der Waals surface area contributed by atoms with Gasteiger partial charge in [-0.2, -0.15) is 25.7 Å². The SMILES string of the molecule is [CH2-]CCC[C-]1CCNCC1.[Y]. The molecule has 11 heavy (non-hydrogen) atoms. The molecule has 0 atom stereocenters. The van der Waals surface area contributed by atoms with Crippen molar-refractivity contribution in [3.05, 3.63) is 12.8 Å². The summed E-state index contributed by atoms with van der Waals surface area (Å²) in [7, 11) is 0. The molecule has 0 aromatic rings. The van der Waals surface area contributed by atoms with Crippen molar-refractivity contribution in [2.24, 2.45) is 0 Å². The standard InChI is InChI=1S/C9H17N.Y/c1-2-3-4-9-5-7-10-8-6-9;/h10H,1-8H2;/q-2;. The molecule has 0 aliphatic carbocycles. The van der Waals surface area contributed by atoms with Gasteiger partial charge < -0.3 is 18.2 Å². The molecule has 1 radical (unpaired) electrons. The maximum absolute atomic E-state index is 3.84. The van der Waals surface area contributed by atoms with Crippen molar-refractivity contribution in [3.8, 4) is 0 Å². The Morgan fingerprint density at radius 3 is 2.45 bits per heavy atom. The maximum Gasteiger partial charge on any atom is 0 e. The van der Waals surface area contributed by atoms with Crippen LogP contribution in [0.5, 0.6) is 0 Å². The van der Waals surface area contributed by atoms with Gasteiger partial charge in [-0.25, -0.2) is 0 Å². The summed E-state index contributed by atoms with van der Waals surface area (Å²) < 4.78 is 0. The number of piperidine rings is 1.